The number of rotatable bonds is 5. The van der Waals surface area contributed by atoms with Crippen LogP contribution in [0.1, 0.15) is 12.8 Å². The fourth-order valence-corrected chi connectivity index (χ4v) is 1.39. The minimum atomic E-state index is 0. The minimum absolute atomic E-state index is 0. The number of alkyl halides is 1. The quantitative estimate of drug-likeness (QED) is 0.471. The summed E-state index contributed by atoms with van der Waals surface area (Å²) in [6.07, 6.45) is 12.9. The van der Waals surface area contributed by atoms with Gasteiger partial charge in [0.2, 0.25) is 6.33 Å². The van der Waals surface area contributed by atoms with Crippen molar-refractivity contribution < 1.29 is 27.2 Å². The van der Waals surface area contributed by atoms with Gasteiger partial charge >= 0.3 is 0 Å². The molecule has 0 aliphatic rings. The van der Waals surface area contributed by atoms with Crippen molar-refractivity contribution in [3.8, 4) is 0 Å². The monoisotopic (exact) mass is 352 g/mol. The van der Waals surface area contributed by atoms with Gasteiger partial charge in [-0.05, 0) is 6.42 Å². The van der Waals surface area contributed by atoms with E-state index in [-0.39, 0.29) is 25.6 Å². The van der Waals surface area contributed by atoms with E-state index in [1.807, 2.05) is 48.1 Å². The zero-order chi connectivity index (χ0) is 15.9. The second kappa shape index (κ2) is 16.3. The van der Waals surface area contributed by atoms with Gasteiger partial charge in [0.05, 0.1) is 19.9 Å². The molecule has 6 nitrogen and oxygen atoms in total. The van der Waals surface area contributed by atoms with Crippen molar-refractivity contribution in [3.05, 3.63) is 37.4 Å². The van der Waals surface area contributed by atoms with E-state index in [2.05, 4.69) is 9.55 Å². The van der Waals surface area contributed by atoms with Crippen LogP contribution in [0.2, 0.25) is 0 Å². The number of aliphatic hydroxyl groups is 2. The SMILES string of the molecule is C[n+]1ccn(CCCO)c1.Cn1ccnc1.OCCCCl.[Cl-]. The van der Waals surface area contributed by atoms with Crippen molar-refractivity contribution in [2.24, 2.45) is 14.1 Å². The molecule has 22 heavy (non-hydrogen) atoms. The molecule has 2 rings (SSSR count). The first-order valence-corrected chi connectivity index (χ1v) is 7.38. The summed E-state index contributed by atoms with van der Waals surface area (Å²) in [7, 11) is 3.92. The van der Waals surface area contributed by atoms with Gasteiger partial charge in [0.15, 0.2) is 0 Å². The topological polar surface area (TPSA) is 67.1 Å². The number of aromatic nitrogens is 4. The molecule has 0 aromatic carbocycles. The number of nitrogens with zero attached hydrogens (tertiary/aromatic N) is 4. The average Bonchev–Trinajstić information content (AvgIpc) is 3.10. The maximum absolute atomic E-state index is 8.51. The number of aliphatic hydroxyl groups excluding tert-OH is 2. The Hall–Kier alpha value is -1.08. The second-order valence-electron chi connectivity index (χ2n) is 4.39. The van der Waals surface area contributed by atoms with Gasteiger partial charge in [-0.3, -0.25) is 0 Å². The van der Waals surface area contributed by atoms with Crippen LogP contribution in [-0.2, 0) is 20.6 Å². The number of aryl methyl sites for hydroxylation is 3. The van der Waals surface area contributed by atoms with E-state index >= 15 is 0 Å². The van der Waals surface area contributed by atoms with Gasteiger partial charge in [-0.1, -0.05) is 0 Å². The Balaban J connectivity index is 0. The molecule has 2 heterocycles. The van der Waals surface area contributed by atoms with E-state index in [1.54, 1.807) is 12.5 Å². The molecule has 2 aromatic rings. The lowest BCUT2D eigenvalue weighted by molar-refractivity contribution is -0.671. The van der Waals surface area contributed by atoms with Crippen molar-refractivity contribution in [1.82, 2.24) is 14.1 Å². The normalized spacial score (nSPS) is 8.95. The molecular formula is C14H26Cl2N4O2. The molecule has 0 aliphatic carbocycles. The van der Waals surface area contributed by atoms with Crippen LogP contribution in [0.5, 0.6) is 0 Å². The maximum atomic E-state index is 8.51. The van der Waals surface area contributed by atoms with Crippen molar-refractivity contribution in [3.63, 3.8) is 0 Å². The Morgan fingerprint density at radius 3 is 2.14 bits per heavy atom. The van der Waals surface area contributed by atoms with Crippen LogP contribution >= 0.6 is 11.6 Å². The summed E-state index contributed by atoms with van der Waals surface area (Å²) in [5.74, 6) is 0.566. The van der Waals surface area contributed by atoms with Crippen molar-refractivity contribution in [2.45, 2.75) is 19.4 Å². The summed E-state index contributed by atoms with van der Waals surface area (Å²) in [6, 6.07) is 0. The van der Waals surface area contributed by atoms with E-state index in [0.29, 0.717) is 12.3 Å². The molecular weight excluding hydrogens is 327 g/mol. The Kier molecular flexibility index (Phi) is 17.2. The molecule has 0 bridgehead atoms. The second-order valence-corrected chi connectivity index (χ2v) is 4.77. The maximum Gasteiger partial charge on any atom is 0.243 e. The Bertz CT molecular complexity index is 434. The molecule has 0 unspecified atom stereocenters. The van der Waals surface area contributed by atoms with Crippen LogP contribution in [0, 0.1) is 0 Å². The predicted molar refractivity (Wildman–Crippen MR) is 82.9 cm³/mol. The first-order chi connectivity index (χ1) is 10.1. The van der Waals surface area contributed by atoms with E-state index in [0.717, 1.165) is 13.0 Å². The number of hydrogen-bond acceptors (Lipinski definition) is 3. The van der Waals surface area contributed by atoms with Crippen molar-refractivity contribution >= 4 is 11.6 Å². The third-order valence-corrected chi connectivity index (χ3v) is 2.59. The van der Waals surface area contributed by atoms with E-state index in [1.165, 1.54) is 0 Å². The number of halogens is 2. The molecule has 0 spiro atoms. The highest BCUT2D eigenvalue weighted by atomic mass is 35.5. The van der Waals surface area contributed by atoms with Gasteiger partial charge in [-0.15, -0.1) is 11.6 Å². The lowest BCUT2D eigenvalue weighted by atomic mass is 10.4. The van der Waals surface area contributed by atoms with Gasteiger partial charge in [0, 0.05) is 45.0 Å². The Morgan fingerprint density at radius 2 is 1.86 bits per heavy atom. The molecule has 2 aromatic heterocycles. The van der Waals surface area contributed by atoms with E-state index in [9.17, 15) is 0 Å². The molecule has 0 radical (unpaired) electrons. The molecule has 0 fully saturated rings. The number of hydrogen-bond donors (Lipinski definition) is 2. The largest absolute Gasteiger partial charge is 1.00 e. The number of imidazole rings is 2. The van der Waals surface area contributed by atoms with Crippen molar-refractivity contribution in [2.75, 3.05) is 19.1 Å². The highest BCUT2D eigenvalue weighted by Crippen LogP contribution is 1.86. The Labute approximate surface area is 143 Å². The van der Waals surface area contributed by atoms with Crippen LogP contribution in [-0.4, -0.2) is 43.4 Å². The van der Waals surface area contributed by atoms with Gasteiger partial charge in [0.1, 0.15) is 12.4 Å². The zero-order valence-electron chi connectivity index (χ0n) is 13.1. The smallest absolute Gasteiger partial charge is 0.243 e. The van der Waals surface area contributed by atoms with Crippen LogP contribution in [0.4, 0.5) is 0 Å². The van der Waals surface area contributed by atoms with Crippen LogP contribution in [0.3, 0.4) is 0 Å². The van der Waals surface area contributed by atoms with Gasteiger partial charge in [-0.2, -0.15) is 0 Å². The molecule has 0 saturated heterocycles. The standard InChI is InChI=1S/C7H13N2O.C4H6N2.C3H7ClO.ClH/c1-8-4-5-9(7-8)3-2-6-10;1-6-3-2-5-4-6;4-2-1-3-5;/h4-5,7,10H,2-3,6H2,1H3;2-4H,1H3;5H,1-3H2;1H/q+1;;;/p-1. The third kappa shape index (κ3) is 13.9. The lowest BCUT2D eigenvalue weighted by Crippen LogP contribution is -3.00. The summed E-state index contributed by atoms with van der Waals surface area (Å²) in [6.45, 7) is 1.38. The zero-order valence-corrected chi connectivity index (χ0v) is 14.7. The van der Waals surface area contributed by atoms with Gasteiger partial charge in [-0.25, -0.2) is 14.1 Å². The van der Waals surface area contributed by atoms with Crippen molar-refractivity contribution in [1.29, 1.82) is 0 Å². The molecule has 8 heteroatoms. The molecule has 0 aliphatic heterocycles. The molecule has 2 N–H and O–H groups in total. The molecule has 0 amide bonds. The predicted octanol–water partition coefficient (Wildman–Crippen LogP) is -2.27. The fourth-order valence-electron chi connectivity index (χ4n) is 1.27. The van der Waals surface area contributed by atoms with Gasteiger partial charge in [0.25, 0.3) is 0 Å². The van der Waals surface area contributed by atoms with Crippen LogP contribution < -0.4 is 17.0 Å². The first kappa shape index (κ1) is 23.2. The first-order valence-electron chi connectivity index (χ1n) is 6.84. The molecule has 0 saturated carbocycles. The van der Waals surface area contributed by atoms with Gasteiger partial charge < -0.3 is 27.2 Å². The summed E-state index contributed by atoms with van der Waals surface area (Å²) < 4.78 is 5.92. The third-order valence-electron chi connectivity index (χ3n) is 2.33. The fraction of sp³-hybridized carbons (Fsp3) is 0.571. The summed E-state index contributed by atoms with van der Waals surface area (Å²) >= 11 is 5.14. The average molecular weight is 353 g/mol. The summed E-state index contributed by atoms with van der Waals surface area (Å²) in [4.78, 5) is 3.78. The minimum Gasteiger partial charge on any atom is -1.00 e. The molecule has 0 atom stereocenters. The Morgan fingerprint density at radius 1 is 1.18 bits per heavy atom. The van der Waals surface area contributed by atoms with E-state index in [4.69, 9.17) is 21.8 Å². The van der Waals surface area contributed by atoms with E-state index < -0.39 is 0 Å². The van der Waals surface area contributed by atoms with Crippen LogP contribution in [0.25, 0.3) is 0 Å². The highest BCUT2D eigenvalue weighted by molar-refractivity contribution is 6.17. The van der Waals surface area contributed by atoms with Crippen LogP contribution in [0.15, 0.2) is 37.4 Å². The highest BCUT2D eigenvalue weighted by Gasteiger charge is 1.96. The summed E-state index contributed by atoms with van der Waals surface area (Å²) in [5, 5.41) is 16.5. The molecule has 128 valence electrons. The summed E-state index contributed by atoms with van der Waals surface area (Å²) in [5.41, 5.74) is 0. The lowest BCUT2D eigenvalue weighted by Gasteiger charge is -1.90.